The van der Waals surface area contributed by atoms with Gasteiger partial charge < -0.3 is 30.3 Å². The lowest BCUT2D eigenvalue weighted by Crippen LogP contribution is -2.51. The normalized spacial score (nSPS) is 20.8. The van der Waals surface area contributed by atoms with Crippen LogP contribution >= 0.6 is 0 Å². The molecule has 2 heterocycles. The fourth-order valence-electron chi connectivity index (χ4n) is 3.53. The monoisotopic (exact) mass is 434 g/mol. The Balaban J connectivity index is 1.43. The first-order chi connectivity index (χ1) is 14.9. The number of carbonyl (C=O) groups is 2. The molecule has 31 heavy (non-hydrogen) atoms. The van der Waals surface area contributed by atoms with Crippen molar-refractivity contribution in [1.82, 2.24) is 15.8 Å². The van der Waals surface area contributed by atoms with Crippen LogP contribution in [-0.4, -0.2) is 53.6 Å². The molecule has 9 nitrogen and oxygen atoms in total. The fraction of sp³-hybridized carbons (Fsp3) is 0.476. The molecule has 1 saturated heterocycles. The quantitative estimate of drug-likeness (QED) is 0.530. The van der Waals surface area contributed by atoms with Crippen LogP contribution in [0.4, 0.5) is 14.9 Å². The standard InChI is InChI=1S/C21H27FN4O5/c1-12-19(13(2)31-26-12)25-21(29)23-10-9-16-7-8-17(18(11-27)30-16)24-20(28)14-3-5-15(22)6-4-14/h3-6,16-18,27H,7-11H2,1-2H3,(H,24,28)(H2,23,25,29)/t16-,17+,18+/m0/s1. The molecule has 1 fully saturated rings. The summed E-state index contributed by atoms with van der Waals surface area (Å²) in [5.41, 5.74) is 1.49. The van der Waals surface area contributed by atoms with Crippen molar-refractivity contribution >= 4 is 17.6 Å². The van der Waals surface area contributed by atoms with Gasteiger partial charge in [0.25, 0.3) is 5.91 Å². The fourth-order valence-corrected chi connectivity index (χ4v) is 3.53. The molecule has 3 rings (SSSR count). The molecule has 1 aromatic heterocycles. The Labute approximate surface area is 179 Å². The van der Waals surface area contributed by atoms with E-state index in [9.17, 15) is 19.1 Å². The van der Waals surface area contributed by atoms with Crippen LogP contribution in [0.3, 0.4) is 0 Å². The van der Waals surface area contributed by atoms with Gasteiger partial charge in [-0.25, -0.2) is 9.18 Å². The minimum atomic E-state index is -0.556. The lowest BCUT2D eigenvalue weighted by Gasteiger charge is -2.36. The third-order valence-electron chi connectivity index (χ3n) is 5.24. The highest BCUT2D eigenvalue weighted by atomic mass is 19.1. The number of carbonyl (C=O) groups excluding carboxylic acids is 2. The molecule has 0 bridgehead atoms. The molecule has 0 unspecified atom stereocenters. The number of halogens is 1. The molecular formula is C21H27FN4O5. The molecule has 3 amide bonds. The number of aliphatic hydroxyl groups excluding tert-OH is 1. The second-order valence-electron chi connectivity index (χ2n) is 7.51. The van der Waals surface area contributed by atoms with Gasteiger partial charge in [-0.3, -0.25) is 4.79 Å². The SMILES string of the molecule is Cc1noc(C)c1NC(=O)NCC[C@@H]1CC[C@@H](NC(=O)c2ccc(F)cc2)[C@@H](CO)O1. The summed E-state index contributed by atoms with van der Waals surface area (Å²) in [7, 11) is 0. The topological polar surface area (TPSA) is 126 Å². The van der Waals surface area contributed by atoms with Gasteiger partial charge >= 0.3 is 6.03 Å². The first-order valence-corrected chi connectivity index (χ1v) is 10.2. The number of aromatic nitrogens is 1. The van der Waals surface area contributed by atoms with E-state index >= 15 is 0 Å². The summed E-state index contributed by atoms with van der Waals surface area (Å²) < 4.78 is 23.9. The molecule has 1 aliphatic heterocycles. The number of ether oxygens (including phenoxy) is 1. The van der Waals surface area contributed by atoms with Gasteiger partial charge in [0.15, 0.2) is 5.76 Å². The van der Waals surface area contributed by atoms with E-state index in [0.717, 1.165) is 0 Å². The second kappa shape index (κ2) is 10.4. The lowest BCUT2D eigenvalue weighted by atomic mass is 9.96. The van der Waals surface area contributed by atoms with Crippen LogP contribution in [0.25, 0.3) is 0 Å². The van der Waals surface area contributed by atoms with E-state index in [1.165, 1.54) is 24.3 Å². The summed E-state index contributed by atoms with van der Waals surface area (Å²) in [6, 6.07) is 4.54. The highest BCUT2D eigenvalue weighted by Crippen LogP contribution is 2.22. The van der Waals surface area contributed by atoms with Crippen LogP contribution in [0.1, 0.15) is 41.1 Å². The number of anilines is 1. The van der Waals surface area contributed by atoms with Crippen molar-refractivity contribution in [1.29, 1.82) is 0 Å². The largest absolute Gasteiger partial charge is 0.394 e. The van der Waals surface area contributed by atoms with E-state index in [1.54, 1.807) is 13.8 Å². The zero-order valence-corrected chi connectivity index (χ0v) is 17.5. The van der Waals surface area contributed by atoms with E-state index in [-0.39, 0.29) is 30.7 Å². The summed E-state index contributed by atoms with van der Waals surface area (Å²) in [6.45, 7) is 3.59. The van der Waals surface area contributed by atoms with Crippen LogP contribution in [0.2, 0.25) is 0 Å². The van der Waals surface area contributed by atoms with Crippen LogP contribution in [0.15, 0.2) is 28.8 Å². The third kappa shape index (κ3) is 6.02. The molecular weight excluding hydrogens is 407 g/mol. The van der Waals surface area contributed by atoms with Gasteiger partial charge in [0.05, 0.1) is 18.8 Å². The number of nitrogens with zero attached hydrogens (tertiary/aromatic N) is 1. The highest BCUT2D eigenvalue weighted by Gasteiger charge is 2.32. The minimum absolute atomic E-state index is 0.157. The number of aryl methyl sites for hydroxylation is 2. The van der Waals surface area contributed by atoms with Gasteiger partial charge in [0.1, 0.15) is 23.3 Å². The minimum Gasteiger partial charge on any atom is -0.394 e. The molecule has 0 radical (unpaired) electrons. The Hall–Kier alpha value is -2.98. The molecule has 1 aromatic carbocycles. The molecule has 0 aliphatic carbocycles. The van der Waals surface area contributed by atoms with Crippen LogP contribution in [-0.2, 0) is 4.74 Å². The summed E-state index contributed by atoms with van der Waals surface area (Å²) in [4.78, 5) is 24.4. The van der Waals surface area contributed by atoms with Crippen molar-refractivity contribution < 1.29 is 28.3 Å². The van der Waals surface area contributed by atoms with Gasteiger partial charge in [-0.2, -0.15) is 0 Å². The van der Waals surface area contributed by atoms with Gasteiger partial charge in [0, 0.05) is 12.1 Å². The average molecular weight is 434 g/mol. The van der Waals surface area contributed by atoms with E-state index in [4.69, 9.17) is 9.26 Å². The molecule has 0 spiro atoms. The van der Waals surface area contributed by atoms with E-state index < -0.39 is 11.9 Å². The maximum absolute atomic E-state index is 13.0. The number of benzene rings is 1. The molecule has 4 N–H and O–H groups in total. The van der Waals surface area contributed by atoms with Crippen LogP contribution in [0.5, 0.6) is 0 Å². The summed E-state index contributed by atoms with van der Waals surface area (Å²) >= 11 is 0. The summed E-state index contributed by atoms with van der Waals surface area (Å²) in [5, 5.41) is 21.8. The van der Waals surface area contributed by atoms with Crippen molar-refractivity contribution in [2.24, 2.45) is 0 Å². The van der Waals surface area contributed by atoms with Gasteiger partial charge in [-0.05, 0) is 57.4 Å². The molecule has 3 atom stereocenters. The Morgan fingerprint density at radius 1 is 1.23 bits per heavy atom. The predicted octanol–water partition coefficient (Wildman–Crippen LogP) is 2.28. The van der Waals surface area contributed by atoms with Crippen molar-refractivity contribution in [3.8, 4) is 0 Å². The number of hydrogen-bond donors (Lipinski definition) is 4. The predicted molar refractivity (Wildman–Crippen MR) is 110 cm³/mol. The zero-order chi connectivity index (χ0) is 22.4. The second-order valence-corrected chi connectivity index (χ2v) is 7.51. The average Bonchev–Trinajstić information content (AvgIpc) is 3.07. The van der Waals surface area contributed by atoms with Gasteiger partial charge in [0.2, 0.25) is 0 Å². The zero-order valence-electron chi connectivity index (χ0n) is 17.5. The van der Waals surface area contributed by atoms with Crippen molar-refractivity contribution in [2.75, 3.05) is 18.5 Å². The number of amides is 3. The Morgan fingerprint density at radius 2 is 1.97 bits per heavy atom. The van der Waals surface area contributed by atoms with E-state index in [2.05, 4.69) is 21.1 Å². The van der Waals surface area contributed by atoms with Crippen molar-refractivity contribution in [3.05, 3.63) is 47.1 Å². The van der Waals surface area contributed by atoms with Gasteiger partial charge in [-0.15, -0.1) is 0 Å². The number of hydrogen-bond acceptors (Lipinski definition) is 6. The summed E-state index contributed by atoms with van der Waals surface area (Å²) in [5.74, 6) is -0.228. The maximum atomic E-state index is 13.0. The van der Waals surface area contributed by atoms with E-state index in [0.29, 0.717) is 48.5 Å². The Bertz CT molecular complexity index is 882. The van der Waals surface area contributed by atoms with Gasteiger partial charge in [-0.1, -0.05) is 5.16 Å². The third-order valence-corrected chi connectivity index (χ3v) is 5.24. The number of urea groups is 1. The number of aliphatic hydroxyl groups is 1. The molecule has 168 valence electrons. The molecule has 1 aliphatic rings. The van der Waals surface area contributed by atoms with Crippen LogP contribution < -0.4 is 16.0 Å². The van der Waals surface area contributed by atoms with E-state index in [1.807, 2.05) is 0 Å². The van der Waals surface area contributed by atoms with Crippen molar-refractivity contribution in [3.63, 3.8) is 0 Å². The Morgan fingerprint density at radius 3 is 2.61 bits per heavy atom. The molecule has 0 saturated carbocycles. The number of nitrogens with one attached hydrogen (secondary N) is 3. The molecule has 10 heteroatoms. The first-order valence-electron chi connectivity index (χ1n) is 10.2. The first kappa shape index (κ1) is 22.7. The maximum Gasteiger partial charge on any atom is 0.319 e. The Kier molecular flexibility index (Phi) is 7.59. The summed E-state index contributed by atoms with van der Waals surface area (Å²) in [6.07, 6.45) is 1.13. The number of rotatable bonds is 7. The smallest absolute Gasteiger partial charge is 0.319 e. The molecule has 2 aromatic rings. The highest BCUT2D eigenvalue weighted by molar-refractivity contribution is 5.94. The lowest BCUT2D eigenvalue weighted by molar-refractivity contribution is -0.0892. The van der Waals surface area contributed by atoms with Crippen LogP contribution in [0, 0.1) is 19.7 Å². The van der Waals surface area contributed by atoms with Crippen molar-refractivity contribution in [2.45, 2.75) is 51.4 Å².